The third-order valence-electron chi connectivity index (χ3n) is 4.45. The van der Waals surface area contributed by atoms with Crippen LogP contribution in [0.4, 0.5) is 4.79 Å². The van der Waals surface area contributed by atoms with Crippen molar-refractivity contribution in [3.05, 3.63) is 66.0 Å². The van der Waals surface area contributed by atoms with Gasteiger partial charge in [-0.05, 0) is 89.7 Å². The summed E-state index contributed by atoms with van der Waals surface area (Å²) in [6, 6.07) is 10.0. The molecule has 10 heteroatoms. The summed E-state index contributed by atoms with van der Waals surface area (Å²) in [6.07, 6.45) is 1.50. The first-order valence-corrected chi connectivity index (χ1v) is 12.2. The number of imide groups is 1. The molecule has 0 bridgehead atoms. The number of thioether (sulfide) groups is 1. The van der Waals surface area contributed by atoms with E-state index in [1.165, 1.54) is 13.0 Å². The molecule has 0 aliphatic carbocycles. The van der Waals surface area contributed by atoms with E-state index >= 15 is 0 Å². The van der Waals surface area contributed by atoms with Crippen molar-refractivity contribution in [2.75, 3.05) is 6.61 Å². The van der Waals surface area contributed by atoms with Gasteiger partial charge in [0.25, 0.3) is 11.1 Å². The number of hydrogen-bond donors (Lipinski definition) is 0. The maximum absolute atomic E-state index is 12.7. The minimum absolute atomic E-state index is 0.157. The second-order valence-electron chi connectivity index (χ2n) is 6.71. The number of rotatable bonds is 7. The number of halogens is 3. The van der Waals surface area contributed by atoms with E-state index in [0.717, 1.165) is 25.8 Å². The number of carbonyl (C=O) groups excluding carboxylic acids is 3. The predicted octanol–water partition coefficient (Wildman–Crippen LogP) is 6.16. The van der Waals surface area contributed by atoms with Gasteiger partial charge in [0.15, 0.2) is 5.75 Å². The first-order chi connectivity index (χ1) is 15.2. The van der Waals surface area contributed by atoms with Crippen molar-refractivity contribution >= 4 is 80.7 Å². The van der Waals surface area contributed by atoms with Crippen molar-refractivity contribution in [1.82, 2.24) is 4.90 Å². The zero-order valence-electron chi connectivity index (χ0n) is 17.1. The van der Waals surface area contributed by atoms with Crippen molar-refractivity contribution in [2.45, 2.75) is 26.5 Å². The molecular weight excluding hydrogens is 588 g/mol. The smallest absolute Gasteiger partial charge is 0.329 e. The summed E-state index contributed by atoms with van der Waals surface area (Å²) in [5.41, 5.74) is 1.49. The van der Waals surface area contributed by atoms with Crippen LogP contribution in [0.1, 0.15) is 25.0 Å². The monoisotopic (exact) mass is 605 g/mol. The maximum atomic E-state index is 12.7. The molecule has 1 aliphatic heterocycles. The Morgan fingerprint density at radius 2 is 1.81 bits per heavy atom. The summed E-state index contributed by atoms with van der Waals surface area (Å²) >= 11 is 15.7. The van der Waals surface area contributed by atoms with Gasteiger partial charge in [-0.2, -0.15) is 0 Å². The minimum atomic E-state index is -1.02. The topological polar surface area (TPSA) is 72.9 Å². The third-order valence-corrected chi connectivity index (χ3v) is 6.62. The second-order valence-corrected chi connectivity index (χ2v) is 9.76. The van der Waals surface area contributed by atoms with Crippen LogP contribution >= 0.6 is 57.6 Å². The first kappa shape index (κ1) is 24.9. The lowest BCUT2D eigenvalue weighted by atomic mass is 10.2. The van der Waals surface area contributed by atoms with E-state index in [2.05, 4.69) is 22.6 Å². The van der Waals surface area contributed by atoms with E-state index in [-0.39, 0.29) is 21.6 Å². The van der Waals surface area contributed by atoms with Crippen LogP contribution in [-0.2, 0) is 20.9 Å². The van der Waals surface area contributed by atoms with E-state index in [0.29, 0.717) is 17.9 Å². The van der Waals surface area contributed by atoms with Gasteiger partial charge in [-0.15, -0.1) is 0 Å². The van der Waals surface area contributed by atoms with E-state index in [1.807, 2.05) is 24.3 Å². The Kier molecular flexibility index (Phi) is 8.49. The second kappa shape index (κ2) is 10.9. The summed E-state index contributed by atoms with van der Waals surface area (Å²) in [4.78, 5) is 38.0. The zero-order chi connectivity index (χ0) is 23.4. The van der Waals surface area contributed by atoms with Crippen molar-refractivity contribution < 1.29 is 23.9 Å². The van der Waals surface area contributed by atoms with E-state index in [9.17, 15) is 14.4 Å². The van der Waals surface area contributed by atoms with Gasteiger partial charge in [0.2, 0.25) is 0 Å². The van der Waals surface area contributed by atoms with Gasteiger partial charge in [-0.3, -0.25) is 14.5 Å². The molecule has 1 aliphatic rings. The van der Waals surface area contributed by atoms with Crippen LogP contribution in [0.5, 0.6) is 5.75 Å². The lowest BCUT2D eigenvalue weighted by molar-refractivity contribution is -0.150. The number of hydrogen-bond acceptors (Lipinski definition) is 6. The summed E-state index contributed by atoms with van der Waals surface area (Å²) in [7, 11) is 0. The van der Waals surface area contributed by atoms with Crippen LogP contribution in [0, 0.1) is 3.57 Å². The van der Waals surface area contributed by atoms with Crippen LogP contribution in [-0.4, -0.2) is 34.7 Å². The van der Waals surface area contributed by atoms with Crippen molar-refractivity contribution in [3.63, 3.8) is 0 Å². The largest absolute Gasteiger partial charge is 0.486 e. The molecule has 1 atom stereocenters. The Hall–Kier alpha value is -1.75. The third kappa shape index (κ3) is 5.78. The van der Waals surface area contributed by atoms with Crippen molar-refractivity contribution in [2.24, 2.45) is 0 Å². The molecule has 32 heavy (non-hydrogen) atoms. The Balaban J connectivity index is 1.77. The fourth-order valence-corrected chi connectivity index (χ4v) is 4.75. The lowest BCUT2D eigenvalue weighted by Gasteiger charge is -2.19. The molecule has 168 valence electrons. The van der Waals surface area contributed by atoms with Gasteiger partial charge >= 0.3 is 5.97 Å². The molecule has 2 aromatic carbocycles. The molecule has 0 unspecified atom stereocenters. The molecule has 2 amide bonds. The molecule has 1 saturated heterocycles. The van der Waals surface area contributed by atoms with Crippen LogP contribution in [0.2, 0.25) is 10.0 Å². The van der Waals surface area contributed by atoms with E-state index in [4.69, 9.17) is 32.7 Å². The summed E-state index contributed by atoms with van der Waals surface area (Å²) < 4.78 is 11.8. The molecular formula is C22H18Cl2INO5S. The fourth-order valence-electron chi connectivity index (χ4n) is 2.87. The SMILES string of the molecule is CCOC(=O)[C@@H](C)N1C(=O)S/C(=C/c2cc(Cl)c(OCc3ccc(I)cc3)c(Cl)c2)C1=O. The van der Waals surface area contributed by atoms with Gasteiger partial charge in [0.05, 0.1) is 21.6 Å². The summed E-state index contributed by atoms with van der Waals surface area (Å²) in [5, 5.41) is -0.00163. The highest BCUT2D eigenvalue weighted by Crippen LogP contribution is 2.38. The van der Waals surface area contributed by atoms with Crippen molar-refractivity contribution in [1.29, 1.82) is 0 Å². The predicted molar refractivity (Wildman–Crippen MR) is 134 cm³/mol. The first-order valence-electron chi connectivity index (χ1n) is 9.51. The van der Waals surface area contributed by atoms with Crippen molar-refractivity contribution in [3.8, 4) is 5.75 Å². The molecule has 2 aromatic rings. The number of nitrogens with zero attached hydrogens (tertiary/aromatic N) is 1. The Morgan fingerprint density at radius 1 is 1.19 bits per heavy atom. The maximum Gasteiger partial charge on any atom is 0.329 e. The standard InChI is InChI=1S/C22H18Cl2INO5S/c1-3-30-21(28)12(2)26-20(27)18(32-22(26)29)10-14-8-16(23)19(17(24)9-14)31-11-13-4-6-15(25)7-5-13/h4-10,12H,3,11H2,1-2H3/b18-10+/t12-/m1/s1. The molecule has 1 fully saturated rings. The Bertz CT molecular complexity index is 1070. The average molecular weight is 606 g/mol. The number of carbonyl (C=O) groups is 3. The van der Waals surface area contributed by atoms with Crippen LogP contribution in [0.25, 0.3) is 6.08 Å². The molecule has 0 radical (unpaired) electrons. The Morgan fingerprint density at radius 3 is 2.41 bits per heavy atom. The fraction of sp³-hybridized carbons (Fsp3) is 0.227. The van der Waals surface area contributed by atoms with Crippen LogP contribution in [0.3, 0.4) is 0 Å². The number of esters is 1. The quantitative estimate of drug-likeness (QED) is 0.214. The van der Waals surface area contributed by atoms with Gasteiger partial charge in [0, 0.05) is 3.57 Å². The van der Waals surface area contributed by atoms with E-state index in [1.54, 1.807) is 19.1 Å². The summed E-state index contributed by atoms with van der Waals surface area (Å²) in [6.45, 7) is 3.55. The zero-order valence-corrected chi connectivity index (χ0v) is 21.5. The highest BCUT2D eigenvalue weighted by Gasteiger charge is 2.41. The van der Waals surface area contributed by atoms with Crippen LogP contribution < -0.4 is 4.74 Å². The number of benzene rings is 2. The van der Waals surface area contributed by atoms with Gasteiger partial charge in [-0.25, -0.2) is 4.79 Å². The molecule has 0 N–H and O–H groups in total. The van der Waals surface area contributed by atoms with Gasteiger partial charge < -0.3 is 9.47 Å². The molecule has 0 aromatic heterocycles. The molecule has 1 heterocycles. The van der Waals surface area contributed by atoms with Gasteiger partial charge in [0.1, 0.15) is 12.6 Å². The average Bonchev–Trinajstić information content (AvgIpc) is 3.01. The molecule has 3 rings (SSSR count). The molecule has 0 spiro atoms. The highest BCUT2D eigenvalue weighted by molar-refractivity contribution is 14.1. The summed E-state index contributed by atoms with van der Waals surface area (Å²) in [5.74, 6) is -0.892. The normalized spacial score (nSPS) is 15.9. The minimum Gasteiger partial charge on any atom is -0.486 e. The Labute approximate surface area is 213 Å². The molecule has 0 saturated carbocycles. The van der Waals surface area contributed by atoms with Gasteiger partial charge in [-0.1, -0.05) is 35.3 Å². The highest BCUT2D eigenvalue weighted by atomic mass is 127. The number of ether oxygens (including phenoxy) is 2. The number of amides is 2. The van der Waals surface area contributed by atoms with E-state index < -0.39 is 23.2 Å². The molecule has 6 nitrogen and oxygen atoms in total. The van der Waals surface area contributed by atoms with Crippen LogP contribution in [0.15, 0.2) is 41.3 Å². The lowest BCUT2D eigenvalue weighted by Crippen LogP contribution is -2.42.